The van der Waals surface area contributed by atoms with Crippen molar-refractivity contribution < 1.29 is 4.79 Å². The number of carbonyl (C=O) groups excluding carboxylic acids is 1. The molecule has 1 aromatic heterocycles. The summed E-state index contributed by atoms with van der Waals surface area (Å²) in [5, 5.41) is 10.9. The maximum atomic E-state index is 12.3. The van der Waals surface area contributed by atoms with E-state index >= 15 is 0 Å². The zero-order valence-corrected chi connectivity index (χ0v) is 16.7. The highest BCUT2D eigenvalue weighted by Crippen LogP contribution is 2.28. The Hall–Kier alpha value is -2.09. The molecule has 3 rings (SSSR count). The van der Waals surface area contributed by atoms with Gasteiger partial charge in [-0.15, -0.1) is 0 Å². The van der Waals surface area contributed by atoms with Crippen molar-refractivity contribution in [1.82, 2.24) is 30.2 Å². The van der Waals surface area contributed by atoms with Crippen molar-refractivity contribution >= 4 is 11.9 Å². The standard InChI is InChI=1S/C19H33N7O/c1-3-20-19(22-15-17-7-8-23-24(17)2)21-9-10-25-11-13-26(14-12-25)18(27)16-5-4-6-16/h7-8,16H,3-6,9-15H2,1-2H3,(H2,20,21,22). The maximum Gasteiger partial charge on any atom is 0.225 e. The highest BCUT2D eigenvalue weighted by Gasteiger charge is 2.30. The van der Waals surface area contributed by atoms with Crippen LogP contribution in [0.2, 0.25) is 0 Å². The van der Waals surface area contributed by atoms with E-state index in [4.69, 9.17) is 0 Å². The lowest BCUT2D eigenvalue weighted by Gasteiger charge is -2.38. The number of hydrogen-bond donors (Lipinski definition) is 2. The predicted molar refractivity (Wildman–Crippen MR) is 106 cm³/mol. The molecule has 2 N–H and O–H groups in total. The molecule has 1 aromatic rings. The smallest absolute Gasteiger partial charge is 0.225 e. The van der Waals surface area contributed by atoms with E-state index in [-0.39, 0.29) is 0 Å². The van der Waals surface area contributed by atoms with Crippen LogP contribution in [0.5, 0.6) is 0 Å². The Balaban J connectivity index is 1.37. The lowest BCUT2D eigenvalue weighted by atomic mass is 9.84. The van der Waals surface area contributed by atoms with Gasteiger partial charge in [0.05, 0.1) is 12.2 Å². The van der Waals surface area contributed by atoms with Gasteiger partial charge in [0.25, 0.3) is 0 Å². The fourth-order valence-electron chi connectivity index (χ4n) is 3.50. The second kappa shape index (κ2) is 9.73. The summed E-state index contributed by atoms with van der Waals surface area (Å²) in [6, 6.07) is 1.98. The van der Waals surface area contributed by atoms with E-state index < -0.39 is 0 Å². The molecule has 2 heterocycles. The Morgan fingerprint density at radius 1 is 1.26 bits per heavy atom. The third-order valence-corrected chi connectivity index (χ3v) is 5.52. The minimum atomic E-state index is 0.316. The summed E-state index contributed by atoms with van der Waals surface area (Å²) in [5.41, 5.74) is 1.08. The molecule has 2 aliphatic rings. The van der Waals surface area contributed by atoms with Crippen molar-refractivity contribution in [2.24, 2.45) is 18.0 Å². The van der Waals surface area contributed by atoms with Crippen molar-refractivity contribution in [3.8, 4) is 0 Å². The third kappa shape index (κ3) is 5.45. The number of guanidine groups is 1. The number of hydrogen-bond acceptors (Lipinski definition) is 4. The highest BCUT2D eigenvalue weighted by atomic mass is 16.2. The summed E-state index contributed by atoms with van der Waals surface area (Å²) in [4.78, 5) is 21.4. The zero-order chi connectivity index (χ0) is 19.1. The molecule has 0 radical (unpaired) electrons. The zero-order valence-electron chi connectivity index (χ0n) is 16.7. The van der Waals surface area contributed by atoms with Crippen molar-refractivity contribution in [3.05, 3.63) is 18.0 Å². The van der Waals surface area contributed by atoms with Gasteiger partial charge in [0.1, 0.15) is 0 Å². The van der Waals surface area contributed by atoms with Crippen molar-refractivity contribution in [2.75, 3.05) is 45.8 Å². The molecule has 8 nitrogen and oxygen atoms in total. The van der Waals surface area contributed by atoms with Crippen LogP contribution in [0.15, 0.2) is 17.3 Å². The Kier molecular flexibility index (Phi) is 7.09. The van der Waals surface area contributed by atoms with Gasteiger partial charge in [-0.1, -0.05) is 6.42 Å². The topological polar surface area (TPSA) is 77.8 Å². The third-order valence-electron chi connectivity index (χ3n) is 5.52. The van der Waals surface area contributed by atoms with Crippen molar-refractivity contribution in [1.29, 1.82) is 0 Å². The molecule has 0 unspecified atom stereocenters. The first-order valence-corrected chi connectivity index (χ1v) is 10.2. The van der Waals surface area contributed by atoms with Gasteiger partial charge in [-0.25, -0.2) is 4.99 Å². The predicted octanol–water partition coefficient (Wildman–Crippen LogP) is 0.420. The summed E-state index contributed by atoms with van der Waals surface area (Å²) in [5.74, 6) is 1.53. The fourth-order valence-corrected chi connectivity index (χ4v) is 3.50. The van der Waals surface area contributed by atoms with Crippen LogP contribution < -0.4 is 10.6 Å². The normalized spacial score (nSPS) is 19.0. The highest BCUT2D eigenvalue weighted by molar-refractivity contribution is 5.80. The number of nitrogens with one attached hydrogen (secondary N) is 2. The molecule has 27 heavy (non-hydrogen) atoms. The molecule has 0 bridgehead atoms. The van der Waals surface area contributed by atoms with Gasteiger partial charge in [0.2, 0.25) is 5.91 Å². The Morgan fingerprint density at radius 2 is 2.04 bits per heavy atom. The molecule has 8 heteroatoms. The monoisotopic (exact) mass is 375 g/mol. The van der Waals surface area contributed by atoms with E-state index in [9.17, 15) is 4.79 Å². The number of piperazine rings is 1. The lowest BCUT2D eigenvalue weighted by Crippen LogP contribution is -2.52. The second-order valence-electron chi connectivity index (χ2n) is 7.36. The van der Waals surface area contributed by atoms with Gasteiger partial charge >= 0.3 is 0 Å². The van der Waals surface area contributed by atoms with Crippen LogP contribution >= 0.6 is 0 Å². The first-order chi connectivity index (χ1) is 13.2. The Morgan fingerprint density at radius 3 is 2.63 bits per heavy atom. The van der Waals surface area contributed by atoms with Crippen molar-refractivity contribution in [2.45, 2.75) is 32.7 Å². The quantitative estimate of drug-likeness (QED) is 0.534. The van der Waals surface area contributed by atoms with E-state index in [0.717, 1.165) is 70.3 Å². The molecule has 2 fully saturated rings. The summed E-state index contributed by atoms with van der Waals surface area (Å²) in [6.07, 6.45) is 5.20. The summed E-state index contributed by atoms with van der Waals surface area (Å²) < 4.78 is 1.84. The molecular formula is C19H33N7O. The summed E-state index contributed by atoms with van der Waals surface area (Å²) in [7, 11) is 1.93. The largest absolute Gasteiger partial charge is 0.357 e. The summed E-state index contributed by atoms with van der Waals surface area (Å²) in [6.45, 7) is 8.96. The van der Waals surface area contributed by atoms with Crippen LogP contribution in [0, 0.1) is 5.92 Å². The second-order valence-corrected chi connectivity index (χ2v) is 7.36. The van der Waals surface area contributed by atoms with E-state index in [2.05, 4.69) is 37.4 Å². The summed E-state index contributed by atoms with van der Waals surface area (Å²) >= 11 is 0. The molecule has 150 valence electrons. The number of rotatable bonds is 7. The molecular weight excluding hydrogens is 342 g/mol. The fraction of sp³-hybridized carbons (Fsp3) is 0.737. The average Bonchev–Trinajstić information content (AvgIpc) is 3.03. The molecule has 0 spiro atoms. The van der Waals surface area contributed by atoms with Crippen LogP contribution in [-0.2, 0) is 18.4 Å². The number of nitrogens with zero attached hydrogens (tertiary/aromatic N) is 5. The van der Waals surface area contributed by atoms with Crippen LogP contribution in [0.1, 0.15) is 31.9 Å². The first kappa shape index (κ1) is 19.7. The Labute approximate surface area is 162 Å². The van der Waals surface area contributed by atoms with Crippen LogP contribution in [0.4, 0.5) is 0 Å². The minimum absolute atomic E-state index is 0.316. The van der Waals surface area contributed by atoms with Gasteiger partial charge in [0, 0.05) is 65.0 Å². The van der Waals surface area contributed by atoms with Crippen LogP contribution in [-0.4, -0.2) is 77.3 Å². The molecule has 0 atom stereocenters. The molecule has 1 aliphatic carbocycles. The van der Waals surface area contributed by atoms with Crippen LogP contribution in [0.3, 0.4) is 0 Å². The van der Waals surface area contributed by atoms with E-state index in [1.54, 1.807) is 6.20 Å². The maximum absolute atomic E-state index is 12.3. The van der Waals surface area contributed by atoms with Gasteiger partial charge in [-0.3, -0.25) is 14.4 Å². The number of aromatic nitrogens is 2. The van der Waals surface area contributed by atoms with E-state index in [0.29, 0.717) is 18.4 Å². The number of amides is 1. The van der Waals surface area contributed by atoms with Crippen LogP contribution in [0.25, 0.3) is 0 Å². The first-order valence-electron chi connectivity index (χ1n) is 10.2. The Bertz CT molecular complexity index is 630. The molecule has 1 amide bonds. The molecule has 0 aromatic carbocycles. The van der Waals surface area contributed by atoms with Gasteiger partial charge in [-0.2, -0.15) is 5.10 Å². The number of carbonyl (C=O) groups is 1. The SMILES string of the molecule is CCNC(=NCc1ccnn1C)NCCN1CCN(C(=O)C2CCC2)CC1. The number of aryl methyl sites for hydroxylation is 1. The number of aliphatic imine (C=N–C) groups is 1. The van der Waals surface area contributed by atoms with Gasteiger partial charge < -0.3 is 15.5 Å². The van der Waals surface area contributed by atoms with E-state index in [1.165, 1.54) is 6.42 Å². The minimum Gasteiger partial charge on any atom is -0.357 e. The molecule has 1 saturated heterocycles. The van der Waals surface area contributed by atoms with E-state index in [1.807, 2.05) is 17.8 Å². The van der Waals surface area contributed by atoms with Crippen molar-refractivity contribution in [3.63, 3.8) is 0 Å². The lowest BCUT2D eigenvalue weighted by molar-refractivity contribution is -0.139. The molecule has 1 aliphatic heterocycles. The molecule has 1 saturated carbocycles. The van der Waals surface area contributed by atoms with Gasteiger partial charge in [-0.05, 0) is 25.8 Å². The van der Waals surface area contributed by atoms with Gasteiger partial charge in [0.15, 0.2) is 5.96 Å². The average molecular weight is 376 g/mol.